The third-order valence-electron chi connectivity index (χ3n) is 2.15. The minimum absolute atomic E-state index is 0.149. The topological polar surface area (TPSA) is 46.5 Å². The van der Waals surface area contributed by atoms with Gasteiger partial charge in [-0.2, -0.15) is 0 Å². The molecule has 0 saturated heterocycles. The Kier molecular flexibility index (Phi) is 3.89. The van der Waals surface area contributed by atoms with Gasteiger partial charge in [0.05, 0.1) is 6.10 Å². The Hall–Kier alpha value is -1.09. The Bertz CT molecular complexity index is 255. The highest BCUT2D eigenvalue weighted by atomic mass is 16.5. The molecule has 0 unspecified atom stereocenters. The molecule has 0 fully saturated rings. The first kappa shape index (κ1) is 11.0. The summed E-state index contributed by atoms with van der Waals surface area (Å²) < 4.78 is 4.92. The van der Waals surface area contributed by atoms with Crippen LogP contribution in [0.1, 0.15) is 26.2 Å². The van der Waals surface area contributed by atoms with Crippen molar-refractivity contribution in [3.63, 3.8) is 0 Å². The molecule has 14 heavy (non-hydrogen) atoms. The smallest absolute Gasteiger partial charge is 0.334 e. The number of aliphatic hydroxyl groups excluding tert-OH is 1. The predicted molar refractivity (Wildman–Crippen MR) is 53.7 cm³/mol. The second kappa shape index (κ2) is 4.96. The Morgan fingerprint density at radius 2 is 2.50 bits per heavy atom. The fourth-order valence-corrected chi connectivity index (χ4v) is 1.45. The van der Waals surface area contributed by atoms with Crippen LogP contribution in [0.2, 0.25) is 0 Å². The number of allylic oxidation sites excluding steroid dienone is 1. The molecule has 3 heteroatoms. The first-order valence-corrected chi connectivity index (χ1v) is 4.84. The van der Waals surface area contributed by atoms with Crippen LogP contribution in [-0.4, -0.2) is 23.3 Å². The van der Waals surface area contributed by atoms with Gasteiger partial charge >= 0.3 is 5.97 Å². The minimum atomic E-state index is -0.475. The van der Waals surface area contributed by atoms with Crippen LogP contribution in [0.15, 0.2) is 24.3 Å². The van der Waals surface area contributed by atoms with Crippen LogP contribution in [0, 0.1) is 0 Å². The van der Waals surface area contributed by atoms with Crippen molar-refractivity contribution in [3.05, 3.63) is 24.3 Å². The van der Waals surface area contributed by atoms with Gasteiger partial charge in [0.25, 0.3) is 0 Å². The molecule has 0 bridgehead atoms. The SMILES string of the molecule is C=CCC[C@@H](O)CC1=C[C@H](C)OC1=O. The van der Waals surface area contributed by atoms with Crippen molar-refractivity contribution < 1.29 is 14.6 Å². The number of carbonyl (C=O) groups is 1. The van der Waals surface area contributed by atoms with E-state index in [0.29, 0.717) is 18.4 Å². The Morgan fingerprint density at radius 3 is 3.00 bits per heavy atom. The first-order chi connectivity index (χ1) is 6.63. The second-order valence-corrected chi connectivity index (χ2v) is 3.53. The minimum Gasteiger partial charge on any atom is -0.455 e. The second-order valence-electron chi connectivity index (χ2n) is 3.53. The molecule has 0 aromatic heterocycles. The van der Waals surface area contributed by atoms with E-state index in [9.17, 15) is 9.90 Å². The van der Waals surface area contributed by atoms with E-state index in [0.717, 1.165) is 6.42 Å². The van der Waals surface area contributed by atoms with Crippen molar-refractivity contribution in [3.8, 4) is 0 Å². The molecule has 0 aromatic carbocycles. The highest BCUT2D eigenvalue weighted by molar-refractivity contribution is 5.90. The van der Waals surface area contributed by atoms with Crippen LogP contribution >= 0.6 is 0 Å². The van der Waals surface area contributed by atoms with E-state index in [2.05, 4.69) is 6.58 Å². The fraction of sp³-hybridized carbons (Fsp3) is 0.545. The molecular weight excluding hydrogens is 180 g/mol. The number of ether oxygens (including phenoxy) is 1. The van der Waals surface area contributed by atoms with Gasteiger partial charge in [0, 0.05) is 12.0 Å². The van der Waals surface area contributed by atoms with Gasteiger partial charge in [-0.05, 0) is 25.8 Å². The van der Waals surface area contributed by atoms with Crippen molar-refractivity contribution in [1.82, 2.24) is 0 Å². The maximum Gasteiger partial charge on any atom is 0.334 e. The molecule has 0 spiro atoms. The Morgan fingerprint density at radius 1 is 1.79 bits per heavy atom. The van der Waals surface area contributed by atoms with Crippen LogP contribution in [0.3, 0.4) is 0 Å². The van der Waals surface area contributed by atoms with Gasteiger partial charge in [-0.3, -0.25) is 0 Å². The molecule has 78 valence electrons. The molecule has 1 aliphatic rings. The summed E-state index contributed by atoms with van der Waals surface area (Å²) in [5.41, 5.74) is 0.592. The molecular formula is C11H16O3. The average molecular weight is 196 g/mol. The molecule has 1 aliphatic heterocycles. The number of carbonyl (C=O) groups excluding carboxylic acids is 1. The molecule has 0 amide bonds. The lowest BCUT2D eigenvalue weighted by Gasteiger charge is -2.07. The maximum absolute atomic E-state index is 11.2. The number of cyclic esters (lactones) is 1. The Labute approximate surface area is 84.1 Å². The number of hydrogen-bond acceptors (Lipinski definition) is 3. The third-order valence-corrected chi connectivity index (χ3v) is 2.15. The fourth-order valence-electron chi connectivity index (χ4n) is 1.45. The van der Waals surface area contributed by atoms with E-state index < -0.39 is 6.10 Å². The molecule has 0 radical (unpaired) electrons. The molecule has 0 aromatic rings. The monoisotopic (exact) mass is 196 g/mol. The van der Waals surface area contributed by atoms with E-state index in [1.807, 2.05) is 0 Å². The summed E-state index contributed by atoms with van der Waals surface area (Å²) in [6.07, 6.45) is 4.69. The predicted octanol–water partition coefficient (Wildman–Crippen LogP) is 1.58. The number of aliphatic hydroxyl groups is 1. The highest BCUT2D eigenvalue weighted by Crippen LogP contribution is 2.19. The van der Waals surface area contributed by atoms with Crippen LogP contribution in [0.25, 0.3) is 0 Å². The average Bonchev–Trinajstić information content (AvgIpc) is 2.42. The van der Waals surface area contributed by atoms with E-state index in [-0.39, 0.29) is 12.1 Å². The van der Waals surface area contributed by atoms with Crippen molar-refractivity contribution in [2.45, 2.75) is 38.4 Å². The normalized spacial score (nSPS) is 22.9. The summed E-state index contributed by atoms with van der Waals surface area (Å²) in [7, 11) is 0. The Balaban J connectivity index is 2.39. The third kappa shape index (κ3) is 3.00. The van der Waals surface area contributed by atoms with Gasteiger partial charge in [0.2, 0.25) is 0 Å². The zero-order valence-electron chi connectivity index (χ0n) is 8.40. The molecule has 1 rings (SSSR count). The lowest BCUT2D eigenvalue weighted by molar-refractivity contribution is -0.139. The van der Waals surface area contributed by atoms with Gasteiger partial charge < -0.3 is 9.84 Å². The van der Waals surface area contributed by atoms with Gasteiger partial charge in [-0.25, -0.2) is 4.79 Å². The molecule has 1 heterocycles. The van der Waals surface area contributed by atoms with Gasteiger partial charge in [-0.1, -0.05) is 6.08 Å². The molecule has 3 nitrogen and oxygen atoms in total. The first-order valence-electron chi connectivity index (χ1n) is 4.84. The molecule has 2 atom stereocenters. The van der Waals surface area contributed by atoms with Gasteiger partial charge in [0.15, 0.2) is 0 Å². The summed E-state index contributed by atoms with van der Waals surface area (Å²) in [5, 5.41) is 9.55. The summed E-state index contributed by atoms with van der Waals surface area (Å²) in [4.78, 5) is 11.2. The van der Waals surface area contributed by atoms with Crippen molar-refractivity contribution in [2.75, 3.05) is 0 Å². The highest BCUT2D eigenvalue weighted by Gasteiger charge is 2.23. The van der Waals surface area contributed by atoms with E-state index in [4.69, 9.17) is 4.74 Å². The van der Waals surface area contributed by atoms with Crippen molar-refractivity contribution in [2.24, 2.45) is 0 Å². The summed E-state index contributed by atoms with van der Waals surface area (Å²) in [6, 6.07) is 0. The number of rotatable bonds is 5. The van der Waals surface area contributed by atoms with E-state index in [1.54, 1.807) is 19.1 Å². The molecule has 0 saturated carbocycles. The van der Waals surface area contributed by atoms with E-state index >= 15 is 0 Å². The quantitative estimate of drug-likeness (QED) is 0.536. The van der Waals surface area contributed by atoms with Crippen LogP contribution in [0.5, 0.6) is 0 Å². The summed E-state index contributed by atoms with van der Waals surface area (Å²) in [5.74, 6) is -0.296. The zero-order chi connectivity index (χ0) is 10.6. The van der Waals surface area contributed by atoms with Crippen LogP contribution < -0.4 is 0 Å². The van der Waals surface area contributed by atoms with Gasteiger partial charge in [0.1, 0.15) is 6.10 Å². The standard InChI is InChI=1S/C11H16O3/c1-3-4-5-10(12)7-9-6-8(2)14-11(9)13/h3,6,8,10,12H,1,4-5,7H2,2H3/t8-,10+/m0/s1. The van der Waals surface area contributed by atoms with Gasteiger partial charge in [-0.15, -0.1) is 6.58 Å². The van der Waals surface area contributed by atoms with Crippen LogP contribution in [0.4, 0.5) is 0 Å². The summed E-state index contributed by atoms with van der Waals surface area (Å²) >= 11 is 0. The van der Waals surface area contributed by atoms with E-state index in [1.165, 1.54) is 0 Å². The molecule has 1 N–H and O–H groups in total. The van der Waals surface area contributed by atoms with Crippen molar-refractivity contribution >= 4 is 5.97 Å². The summed E-state index contributed by atoms with van der Waals surface area (Å²) in [6.45, 7) is 5.38. The number of hydrogen-bond donors (Lipinski definition) is 1. The zero-order valence-corrected chi connectivity index (χ0v) is 8.40. The van der Waals surface area contributed by atoms with Crippen LogP contribution in [-0.2, 0) is 9.53 Å². The molecule has 0 aliphatic carbocycles. The number of esters is 1. The lowest BCUT2D eigenvalue weighted by Crippen LogP contribution is -2.11. The van der Waals surface area contributed by atoms with Crippen molar-refractivity contribution in [1.29, 1.82) is 0 Å². The lowest BCUT2D eigenvalue weighted by atomic mass is 10.0. The largest absolute Gasteiger partial charge is 0.455 e. The maximum atomic E-state index is 11.2.